The molecule has 0 rings (SSSR count). The first-order chi connectivity index (χ1) is 5.64. The first-order valence-corrected chi connectivity index (χ1v) is 7.37. The third-order valence-corrected chi connectivity index (χ3v) is 6.80. The summed E-state index contributed by atoms with van der Waals surface area (Å²) >= 11 is 1.40. The zero-order valence-corrected chi connectivity index (χ0v) is 9.95. The molecule has 5 heteroatoms. The van der Waals surface area contributed by atoms with Gasteiger partial charge in [-0.3, -0.25) is 4.57 Å². The first kappa shape index (κ1) is 12.5. The fourth-order valence-corrected chi connectivity index (χ4v) is 4.98. The summed E-state index contributed by atoms with van der Waals surface area (Å²) in [6.07, 6.45) is 0. The van der Waals surface area contributed by atoms with Crippen LogP contribution in [0.15, 0.2) is 0 Å². The Morgan fingerprint density at radius 1 is 1.33 bits per heavy atom. The lowest BCUT2D eigenvalue weighted by molar-refractivity contribution is 0.335. The molecule has 0 aliphatic heterocycles. The first-order valence-electron chi connectivity index (χ1n) is 4.20. The summed E-state index contributed by atoms with van der Waals surface area (Å²) in [5, 5.41) is 0. The van der Waals surface area contributed by atoms with Crippen molar-refractivity contribution in [3.05, 3.63) is 0 Å². The smallest absolute Gasteiger partial charge is 0.313 e. The van der Waals surface area contributed by atoms with Gasteiger partial charge in [-0.2, -0.15) is 0 Å². The predicted molar refractivity (Wildman–Crippen MR) is 55.7 cm³/mol. The van der Waals surface area contributed by atoms with Crippen molar-refractivity contribution in [1.29, 1.82) is 0 Å². The maximum atomic E-state index is 12.0. The molecule has 0 radical (unpaired) electrons. The molecule has 0 aromatic carbocycles. The van der Waals surface area contributed by atoms with Crippen LogP contribution in [0.3, 0.4) is 0 Å². The summed E-state index contributed by atoms with van der Waals surface area (Å²) in [4.78, 5) is 0. The third-order valence-electron chi connectivity index (χ3n) is 1.60. The summed E-state index contributed by atoms with van der Waals surface area (Å²) in [5.41, 5.74) is 0. The van der Waals surface area contributed by atoms with Crippen molar-refractivity contribution < 1.29 is 9.09 Å². The number of hydrogen-bond acceptors (Lipinski definition) is 3. The lowest BCUT2D eigenvalue weighted by Crippen LogP contribution is -2.18. The molecule has 12 heavy (non-hydrogen) atoms. The van der Waals surface area contributed by atoms with Crippen LogP contribution in [0, 0.1) is 0 Å². The van der Waals surface area contributed by atoms with Crippen molar-refractivity contribution in [1.82, 2.24) is 4.67 Å². The lowest BCUT2D eigenvalue weighted by atomic mass is 10.7. The summed E-state index contributed by atoms with van der Waals surface area (Å²) in [6, 6.07) is 0. The molecule has 0 fully saturated rings. The third kappa shape index (κ3) is 3.09. The molecule has 0 saturated carbocycles. The van der Waals surface area contributed by atoms with Crippen LogP contribution >= 0.6 is 18.1 Å². The van der Waals surface area contributed by atoms with Gasteiger partial charge < -0.3 is 4.52 Å². The lowest BCUT2D eigenvalue weighted by Gasteiger charge is -2.26. The van der Waals surface area contributed by atoms with Crippen LogP contribution in [0.2, 0.25) is 0 Å². The molecule has 0 aromatic rings. The highest BCUT2D eigenvalue weighted by Gasteiger charge is 2.27. The van der Waals surface area contributed by atoms with Crippen molar-refractivity contribution in [2.45, 2.75) is 20.8 Å². The minimum atomic E-state index is -2.56. The Morgan fingerprint density at radius 3 is 2.08 bits per heavy atom. The number of rotatable bonds is 6. The molecule has 0 N–H and O–H groups in total. The maximum absolute atomic E-state index is 12.0. The highest BCUT2D eigenvalue weighted by Crippen LogP contribution is 2.61. The Labute approximate surface area is 79.1 Å². The molecular formula is C7H18NO2PS. The second-order valence-corrected chi connectivity index (χ2v) is 7.07. The van der Waals surface area contributed by atoms with E-state index >= 15 is 0 Å². The van der Waals surface area contributed by atoms with Gasteiger partial charge in [-0.15, -0.1) is 0 Å². The molecular weight excluding hydrogens is 193 g/mol. The Hall–Kier alpha value is 0.500. The van der Waals surface area contributed by atoms with Crippen LogP contribution in [-0.4, -0.2) is 30.6 Å². The fourth-order valence-electron chi connectivity index (χ4n) is 0.983. The van der Waals surface area contributed by atoms with Gasteiger partial charge in [0, 0.05) is 26.0 Å². The summed E-state index contributed by atoms with van der Waals surface area (Å²) in [5.74, 6) is 0.821. The van der Waals surface area contributed by atoms with Crippen LogP contribution in [0.5, 0.6) is 0 Å². The minimum absolute atomic E-state index is 0.772. The summed E-state index contributed by atoms with van der Waals surface area (Å²) < 4.78 is 19.0. The molecule has 0 aliphatic rings. The van der Waals surface area contributed by atoms with E-state index in [1.165, 1.54) is 18.5 Å². The normalized spacial score (nSPS) is 16.4. The van der Waals surface area contributed by atoms with Gasteiger partial charge in [0.15, 0.2) is 0 Å². The van der Waals surface area contributed by atoms with Crippen molar-refractivity contribution in [3.63, 3.8) is 0 Å². The van der Waals surface area contributed by atoms with Gasteiger partial charge in [0.05, 0.1) is 0 Å². The Morgan fingerprint density at radius 2 is 1.83 bits per heavy atom. The van der Waals surface area contributed by atoms with E-state index in [9.17, 15) is 4.57 Å². The second kappa shape index (κ2) is 6.03. The van der Waals surface area contributed by atoms with Gasteiger partial charge in [0.25, 0.3) is 0 Å². The Balaban J connectivity index is 4.36. The quantitative estimate of drug-likeness (QED) is 0.632. The number of hydrogen-bond donors (Lipinski definition) is 0. The van der Waals surface area contributed by atoms with Gasteiger partial charge >= 0.3 is 6.72 Å². The largest absolute Gasteiger partial charge is 0.328 e. The average molecular weight is 211 g/mol. The molecule has 74 valence electrons. The molecule has 0 amide bonds. The van der Waals surface area contributed by atoms with Crippen molar-refractivity contribution >= 4 is 18.1 Å². The monoisotopic (exact) mass is 211 g/mol. The topological polar surface area (TPSA) is 29.5 Å². The van der Waals surface area contributed by atoms with Crippen molar-refractivity contribution in [2.75, 3.05) is 26.0 Å². The van der Waals surface area contributed by atoms with E-state index in [2.05, 4.69) is 0 Å². The fraction of sp³-hybridized carbons (Fsp3) is 1.00. The van der Waals surface area contributed by atoms with Crippen LogP contribution in [0.1, 0.15) is 20.8 Å². The molecule has 0 aliphatic carbocycles. The van der Waals surface area contributed by atoms with E-state index in [1.807, 2.05) is 25.4 Å². The van der Waals surface area contributed by atoms with Crippen LogP contribution in [0.4, 0.5) is 0 Å². The van der Waals surface area contributed by atoms with Gasteiger partial charge in [-0.1, -0.05) is 32.2 Å². The van der Waals surface area contributed by atoms with E-state index in [4.69, 9.17) is 4.52 Å². The molecule has 1 atom stereocenters. The molecule has 0 bridgehead atoms. The van der Waals surface area contributed by atoms with Crippen molar-refractivity contribution in [3.8, 4) is 0 Å². The molecule has 0 aromatic heterocycles. The summed E-state index contributed by atoms with van der Waals surface area (Å²) in [6.45, 7) is 4.95. The molecule has 0 saturated heterocycles. The molecule has 1 unspecified atom stereocenters. The number of nitrogens with zero attached hydrogens (tertiary/aromatic N) is 1. The second-order valence-electron chi connectivity index (χ2n) is 2.21. The van der Waals surface area contributed by atoms with Crippen LogP contribution < -0.4 is 0 Å². The van der Waals surface area contributed by atoms with Gasteiger partial charge in [-0.05, 0) is 0 Å². The molecule has 0 spiro atoms. The zero-order chi connectivity index (χ0) is 9.61. The maximum Gasteiger partial charge on any atom is 0.328 e. The average Bonchev–Trinajstić information content (AvgIpc) is 2.07. The van der Waals surface area contributed by atoms with Gasteiger partial charge in [0.2, 0.25) is 0 Å². The Kier molecular flexibility index (Phi) is 6.28. The summed E-state index contributed by atoms with van der Waals surface area (Å²) in [7, 11) is 1.52. The van der Waals surface area contributed by atoms with E-state index < -0.39 is 6.72 Å². The predicted octanol–water partition coefficient (Wildman–Crippen LogP) is 2.84. The standard InChI is InChI=1S/C7H18NO2PS/c1-5-8(6-2)11(9,10-4)12-7-3/h5-7H2,1-4H3. The molecule has 3 nitrogen and oxygen atoms in total. The zero-order valence-electron chi connectivity index (χ0n) is 8.24. The SMILES string of the molecule is CCSP(=O)(OC)N(CC)CC. The van der Waals surface area contributed by atoms with E-state index in [1.54, 1.807) is 0 Å². The molecule has 0 heterocycles. The van der Waals surface area contributed by atoms with Crippen LogP contribution in [0.25, 0.3) is 0 Å². The minimum Gasteiger partial charge on any atom is -0.313 e. The highest BCUT2D eigenvalue weighted by atomic mass is 32.7. The highest BCUT2D eigenvalue weighted by molar-refractivity contribution is 8.55. The van der Waals surface area contributed by atoms with Crippen molar-refractivity contribution in [2.24, 2.45) is 0 Å². The van der Waals surface area contributed by atoms with E-state index in [0.717, 1.165) is 18.8 Å². The van der Waals surface area contributed by atoms with E-state index in [-0.39, 0.29) is 0 Å². The Bertz CT molecular complexity index is 161. The van der Waals surface area contributed by atoms with Crippen LogP contribution in [-0.2, 0) is 9.09 Å². The van der Waals surface area contributed by atoms with E-state index in [0.29, 0.717) is 0 Å². The van der Waals surface area contributed by atoms with Gasteiger partial charge in [0.1, 0.15) is 0 Å². The van der Waals surface area contributed by atoms with Gasteiger partial charge in [-0.25, -0.2) is 4.67 Å².